The van der Waals surface area contributed by atoms with Crippen LogP contribution in [0.4, 0.5) is 22.7 Å². The maximum Gasteiger partial charge on any atom is 0.296 e. The second-order valence-corrected chi connectivity index (χ2v) is 10.0. The van der Waals surface area contributed by atoms with Gasteiger partial charge in [-0.3, -0.25) is 9.11 Å². The molecule has 0 saturated carbocycles. The van der Waals surface area contributed by atoms with Gasteiger partial charge in [0, 0.05) is 0 Å². The molecule has 184 valence electrons. The predicted octanol–water partition coefficient (Wildman–Crippen LogP) is 5.58. The highest BCUT2D eigenvalue weighted by molar-refractivity contribution is 7.86. The quantitative estimate of drug-likeness (QED) is 0.184. The van der Waals surface area contributed by atoms with E-state index in [-0.39, 0.29) is 16.8 Å². The Bertz CT molecular complexity index is 1610. The zero-order valence-electron chi connectivity index (χ0n) is 18.0. The highest BCUT2D eigenvalue weighted by Gasteiger charge is 2.28. The first-order chi connectivity index (χ1) is 17.0. The van der Waals surface area contributed by atoms with Crippen molar-refractivity contribution in [1.82, 2.24) is 0 Å². The maximum absolute atomic E-state index is 12.0. The predicted molar refractivity (Wildman–Crippen MR) is 128 cm³/mol. The fourth-order valence-corrected chi connectivity index (χ4v) is 4.57. The SMILES string of the molecule is O=S(=O)(O)c1cc2cc(S(=O)(=O)O)c(/N=N/c3ccccc3)c(O)c2c(O)c1/N=N/c1ccccc1. The van der Waals surface area contributed by atoms with Gasteiger partial charge in [-0.25, -0.2) is 0 Å². The van der Waals surface area contributed by atoms with E-state index in [9.17, 15) is 36.2 Å². The molecule has 0 heterocycles. The number of fused-ring (bicyclic) bond motifs is 1. The van der Waals surface area contributed by atoms with Gasteiger partial charge in [-0.2, -0.15) is 27.1 Å². The number of rotatable bonds is 6. The van der Waals surface area contributed by atoms with Gasteiger partial charge in [0.25, 0.3) is 20.2 Å². The molecule has 0 unspecified atom stereocenters. The van der Waals surface area contributed by atoms with E-state index in [4.69, 9.17) is 0 Å². The molecule has 0 aromatic heterocycles. The standard InChI is InChI=1S/C22H16N4O8S2/c27-21-18-13(11-16(35(29,30)31)19(21)25-23-14-7-3-1-4-8-14)12-17(36(32,33)34)20(22(18)28)26-24-15-9-5-2-6-10-15/h1-12,27-28H,(H,29,30,31)(H,32,33,34)/b25-23+,26-24+. The number of phenolic OH excluding ortho intramolecular Hbond substituents is 2. The van der Waals surface area contributed by atoms with Crippen molar-refractivity contribution < 1.29 is 36.2 Å². The van der Waals surface area contributed by atoms with Crippen molar-refractivity contribution in [2.75, 3.05) is 0 Å². The van der Waals surface area contributed by atoms with Crippen LogP contribution in [0.3, 0.4) is 0 Å². The van der Waals surface area contributed by atoms with Crippen LogP contribution in [0.15, 0.2) is 103 Å². The molecule has 4 rings (SSSR count). The minimum absolute atomic E-state index is 0.279. The fraction of sp³-hybridized carbons (Fsp3) is 0. The minimum Gasteiger partial charge on any atom is -0.505 e. The Balaban J connectivity index is 2.04. The summed E-state index contributed by atoms with van der Waals surface area (Å²) in [5, 5.41) is 36.0. The van der Waals surface area contributed by atoms with Crippen molar-refractivity contribution in [3.63, 3.8) is 0 Å². The van der Waals surface area contributed by atoms with Gasteiger partial charge in [0.05, 0.1) is 16.8 Å². The molecule has 14 heteroatoms. The summed E-state index contributed by atoms with van der Waals surface area (Å²) >= 11 is 0. The lowest BCUT2D eigenvalue weighted by atomic mass is 10.1. The number of azo groups is 2. The topological polar surface area (TPSA) is 199 Å². The molecule has 0 bridgehead atoms. The van der Waals surface area contributed by atoms with E-state index in [1.165, 1.54) is 24.3 Å². The monoisotopic (exact) mass is 528 g/mol. The van der Waals surface area contributed by atoms with Crippen LogP contribution in [0.2, 0.25) is 0 Å². The zero-order chi connectivity index (χ0) is 26.1. The lowest BCUT2D eigenvalue weighted by Crippen LogP contribution is -2.01. The highest BCUT2D eigenvalue weighted by Crippen LogP contribution is 2.50. The average Bonchev–Trinajstić information content (AvgIpc) is 2.82. The van der Waals surface area contributed by atoms with E-state index < -0.39 is 58.3 Å². The Morgan fingerprint density at radius 2 is 0.917 bits per heavy atom. The van der Waals surface area contributed by atoms with Gasteiger partial charge in [-0.05, 0) is 41.8 Å². The molecule has 0 aliphatic rings. The smallest absolute Gasteiger partial charge is 0.296 e. The summed E-state index contributed by atoms with van der Waals surface area (Å²) in [6, 6.07) is 17.6. The third-order valence-electron chi connectivity index (χ3n) is 4.85. The van der Waals surface area contributed by atoms with Gasteiger partial charge in [0.2, 0.25) is 0 Å². The molecule has 12 nitrogen and oxygen atoms in total. The van der Waals surface area contributed by atoms with Crippen LogP contribution in [-0.4, -0.2) is 36.2 Å². The third kappa shape index (κ3) is 5.06. The lowest BCUT2D eigenvalue weighted by Gasteiger charge is -2.13. The van der Waals surface area contributed by atoms with Crippen molar-refractivity contribution in [3.05, 3.63) is 72.8 Å². The molecule has 0 spiro atoms. The summed E-state index contributed by atoms with van der Waals surface area (Å²) in [6.45, 7) is 0. The van der Waals surface area contributed by atoms with Gasteiger partial charge in [0.15, 0.2) is 11.5 Å². The molecule has 4 aromatic rings. The summed E-state index contributed by atoms with van der Waals surface area (Å²) in [5.41, 5.74) is -0.896. The molecular formula is C22H16N4O8S2. The van der Waals surface area contributed by atoms with Crippen LogP contribution >= 0.6 is 0 Å². The van der Waals surface area contributed by atoms with Crippen molar-refractivity contribution in [2.24, 2.45) is 20.5 Å². The third-order valence-corrected chi connectivity index (χ3v) is 6.58. The van der Waals surface area contributed by atoms with Crippen LogP contribution in [0.5, 0.6) is 11.5 Å². The van der Waals surface area contributed by atoms with E-state index >= 15 is 0 Å². The maximum atomic E-state index is 12.0. The first kappa shape index (κ1) is 24.9. The average molecular weight is 529 g/mol. The number of phenols is 2. The summed E-state index contributed by atoms with van der Waals surface area (Å²) in [7, 11) is -10.0. The first-order valence-corrected chi connectivity index (χ1v) is 12.8. The van der Waals surface area contributed by atoms with Gasteiger partial charge in [-0.1, -0.05) is 36.4 Å². The fourth-order valence-electron chi connectivity index (χ4n) is 3.25. The summed E-state index contributed by atoms with van der Waals surface area (Å²) < 4.78 is 67.6. The molecule has 0 amide bonds. The van der Waals surface area contributed by atoms with Crippen LogP contribution in [0.1, 0.15) is 0 Å². The molecular weight excluding hydrogens is 512 g/mol. The second-order valence-electron chi connectivity index (χ2n) is 7.26. The molecule has 0 radical (unpaired) electrons. The highest BCUT2D eigenvalue weighted by atomic mass is 32.2. The van der Waals surface area contributed by atoms with Crippen LogP contribution in [0, 0.1) is 0 Å². The number of benzene rings is 4. The Morgan fingerprint density at radius 3 is 1.25 bits per heavy atom. The number of hydrogen-bond donors (Lipinski definition) is 4. The van der Waals surface area contributed by atoms with E-state index in [0.29, 0.717) is 0 Å². The van der Waals surface area contributed by atoms with E-state index in [0.717, 1.165) is 12.1 Å². The van der Waals surface area contributed by atoms with Crippen molar-refractivity contribution in [1.29, 1.82) is 0 Å². The molecule has 0 saturated heterocycles. The van der Waals surface area contributed by atoms with Crippen LogP contribution in [0.25, 0.3) is 10.8 Å². The van der Waals surface area contributed by atoms with Crippen molar-refractivity contribution in [2.45, 2.75) is 9.79 Å². The van der Waals surface area contributed by atoms with Gasteiger partial charge >= 0.3 is 0 Å². The van der Waals surface area contributed by atoms with Crippen molar-refractivity contribution in [3.8, 4) is 11.5 Å². The van der Waals surface area contributed by atoms with E-state index in [1.807, 2.05) is 0 Å². The minimum atomic E-state index is -5.02. The van der Waals surface area contributed by atoms with E-state index in [2.05, 4.69) is 20.5 Å². The second kappa shape index (κ2) is 9.43. The number of nitrogens with zero attached hydrogens (tertiary/aromatic N) is 4. The largest absolute Gasteiger partial charge is 0.505 e. The first-order valence-electron chi connectivity index (χ1n) is 9.91. The van der Waals surface area contributed by atoms with Crippen LogP contribution in [-0.2, 0) is 20.2 Å². The molecule has 0 aliphatic heterocycles. The van der Waals surface area contributed by atoms with Gasteiger partial charge in [-0.15, -0.1) is 10.2 Å². The molecule has 4 aromatic carbocycles. The molecule has 0 atom stereocenters. The van der Waals surface area contributed by atoms with Crippen LogP contribution < -0.4 is 0 Å². The summed E-state index contributed by atoms with van der Waals surface area (Å²) in [4.78, 5) is -1.85. The van der Waals surface area contributed by atoms with Crippen molar-refractivity contribution >= 4 is 53.8 Å². The zero-order valence-corrected chi connectivity index (χ0v) is 19.6. The molecule has 36 heavy (non-hydrogen) atoms. The lowest BCUT2D eigenvalue weighted by molar-refractivity contribution is 0.458. The Labute approximate surface area is 204 Å². The Morgan fingerprint density at radius 1 is 0.556 bits per heavy atom. The Kier molecular flexibility index (Phi) is 6.51. The number of aromatic hydroxyl groups is 2. The molecule has 4 N–H and O–H groups in total. The summed E-state index contributed by atoms with van der Waals surface area (Å²) in [5.74, 6) is -1.90. The van der Waals surface area contributed by atoms with Gasteiger partial charge in [0.1, 0.15) is 21.2 Å². The summed E-state index contributed by atoms with van der Waals surface area (Å²) in [6.07, 6.45) is 0. The molecule has 0 aliphatic carbocycles. The normalized spacial score (nSPS) is 12.6. The Hall–Kier alpha value is -4.24. The number of hydrogen-bond acceptors (Lipinski definition) is 10. The van der Waals surface area contributed by atoms with Gasteiger partial charge < -0.3 is 10.2 Å². The van der Waals surface area contributed by atoms with E-state index in [1.54, 1.807) is 36.4 Å². The molecule has 0 fully saturated rings.